The van der Waals surface area contributed by atoms with Crippen molar-refractivity contribution >= 4 is 11.6 Å². The molecule has 0 aromatic heterocycles. The van der Waals surface area contributed by atoms with Crippen LogP contribution in [-0.2, 0) is 0 Å². The lowest BCUT2D eigenvalue weighted by molar-refractivity contribution is 0.414. The monoisotopic (exact) mass is 303 g/mol. The molecule has 0 radical (unpaired) electrons. The maximum atomic E-state index is 14.3. The van der Waals surface area contributed by atoms with Crippen LogP contribution in [0.25, 0.3) is 0 Å². The Morgan fingerprint density at radius 3 is 2.52 bits per heavy atom. The van der Waals surface area contributed by atoms with Crippen LogP contribution in [0.3, 0.4) is 0 Å². The highest BCUT2D eigenvalue weighted by Crippen LogP contribution is 2.41. The summed E-state index contributed by atoms with van der Waals surface area (Å²) in [6.45, 7) is 0. The van der Waals surface area contributed by atoms with E-state index >= 15 is 0 Å². The van der Waals surface area contributed by atoms with Crippen molar-refractivity contribution in [2.75, 3.05) is 7.05 Å². The van der Waals surface area contributed by atoms with Crippen LogP contribution in [0.2, 0.25) is 5.02 Å². The van der Waals surface area contributed by atoms with Crippen LogP contribution in [-0.4, -0.2) is 7.05 Å². The summed E-state index contributed by atoms with van der Waals surface area (Å²) in [4.78, 5) is 0. The fraction of sp³-hybridized carbons (Fsp3) is 0.333. The Hall–Kier alpha value is -1.38. The molecule has 0 aliphatic heterocycles. The minimum Gasteiger partial charge on any atom is -0.309 e. The van der Waals surface area contributed by atoms with E-state index in [0.717, 1.165) is 5.56 Å². The van der Waals surface area contributed by atoms with Crippen molar-refractivity contribution in [3.05, 3.63) is 70.0 Å². The molecule has 110 valence electrons. The van der Waals surface area contributed by atoms with E-state index in [-0.39, 0.29) is 11.9 Å². The van der Waals surface area contributed by atoms with Crippen LogP contribution in [0.5, 0.6) is 0 Å². The number of benzene rings is 2. The molecule has 0 saturated heterocycles. The largest absolute Gasteiger partial charge is 0.309 e. The predicted molar refractivity (Wildman–Crippen MR) is 85.3 cm³/mol. The first kappa shape index (κ1) is 14.6. The van der Waals surface area contributed by atoms with Gasteiger partial charge in [0.2, 0.25) is 0 Å². The van der Waals surface area contributed by atoms with Crippen molar-refractivity contribution in [3.63, 3.8) is 0 Å². The van der Waals surface area contributed by atoms with Gasteiger partial charge in [-0.15, -0.1) is 0 Å². The molecule has 1 unspecified atom stereocenters. The zero-order valence-electron chi connectivity index (χ0n) is 12.1. The normalized spacial score (nSPS) is 16.5. The van der Waals surface area contributed by atoms with Gasteiger partial charge < -0.3 is 5.32 Å². The van der Waals surface area contributed by atoms with E-state index in [9.17, 15) is 4.39 Å². The lowest BCUT2D eigenvalue weighted by Crippen LogP contribution is -2.23. The van der Waals surface area contributed by atoms with Crippen LogP contribution in [0.15, 0.2) is 42.5 Å². The van der Waals surface area contributed by atoms with Crippen molar-refractivity contribution in [1.29, 1.82) is 0 Å². The van der Waals surface area contributed by atoms with Gasteiger partial charge in [-0.2, -0.15) is 0 Å². The summed E-state index contributed by atoms with van der Waals surface area (Å²) in [6, 6.07) is 13.0. The SMILES string of the molecule is CNC(c1ccccc1C1CCC1)c1c(F)cccc1Cl. The van der Waals surface area contributed by atoms with Crippen LogP contribution in [0.1, 0.15) is 47.9 Å². The van der Waals surface area contributed by atoms with E-state index in [0.29, 0.717) is 16.5 Å². The molecule has 1 fully saturated rings. The smallest absolute Gasteiger partial charge is 0.129 e. The fourth-order valence-electron chi connectivity index (χ4n) is 3.11. The molecule has 2 aromatic rings. The first-order valence-electron chi connectivity index (χ1n) is 7.42. The second-order valence-corrected chi connectivity index (χ2v) is 6.02. The Labute approximate surface area is 130 Å². The van der Waals surface area contributed by atoms with Crippen LogP contribution in [0, 0.1) is 5.82 Å². The minimum atomic E-state index is -0.259. The molecule has 1 nitrogen and oxygen atoms in total. The summed E-state index contributed by atoms with van der Waals surface area (Å²) < 4.78 is 14.3. The molecule has 2 aromatic carbocycles. The second kappa shape index (κ2) is 6.17. The highest BCUT2D eigenvalue weighted by molar-refractivity contribution is 6.31. The molecule has 0 heterocycles. The maximum Gasteiger partial charge on any atom is 0.129 e. The predicted octanol–water partition coefficient (Wildman–Crippen LogP) is 5.06. The third kappa shape index (κ3) is 2.70. The van der Waals surface area contributed by atoms with E-state index in [1.54, 1.807) is 12.1 Å². The summed E-state index contributed by atoms with van der Waals surface area (Å²) in [5.74, 6) is 0.341. The first-order valence-corrected chi connectivity index (χ1v) is 7.80. The van der Waals surface area contributed by atoms with Crippen molar-refractivity contribution in [1.82, 2.24) is 5.32 Å². The topological polar surface area (TPSA) is 12.0 Å². The standard InChI is InChI=1S/C18H19ClFN/c1-21-18(17-15(19)10-5-11-16(17)20)14-9-3-2-8-13(14)12-6-4-7-12/h2-3,5,8-12,18,21H,4,6-7H2,1H3. The van der Waals surface area contributed by atoms with Gasteiger partial charge in [-0.1, -0.05) is 48.4 Å². The Morgan fingerprint density at radius 1 is 1.14 bits per heavy atom. The van der Waals surface area contributed by atoms with Gasteiger partial charge in [0.1, 0.15) is 5.82 Å². The van der Waals surface area contributed by atoms with Crippen molar-refractivity contribution in [2.45, 2.75) is 31.2 Å². The summed E-state index contributed by atoms with van der Waals surface area (Å²) in [6.07, 6.45) is 3.72. The van der Waals surface area contributed by atoms with Gasteiger partial charge in [-0.25, -0.2) is 4.39 Å². The molecule has 3 heteroatoms. The molecule has 0 bridgehead atoms. The molecular weight excluding hydrogens is 285 g/mol. The molecular formula is C18H19ClFN. The molecule has 1 saturated carbocycles. The Bertz CT molecular complexity index is 617. The Balaban J connectivity index is 2.08. The number of halogens is 2. The van der Waals surface area contributed by atoms with Gasteiger partial charge in [0.05, 0.1) is 6.04 Å². The Kier molecular flexibility index (Phi) is 4.27. The van der Waals surface area contributed by atoms with Crippen LogP contribution < -0.4 is 5.32 Å². The Morgan fingerprint density at radius 2 is 1.90 bits per heavy atom. The van der Waals surface area contributed by atoms with E-state index in [1.807, 2.05) is 13.1 Å². The summed E-state index contributed by atoms with van der Waals surface area (Å²) in [5, 5.41) is 3.71. The molecule has 1 aliphatic rings. The highest BCUT2D eigenvalue weighted by Gasteiger charge is 2.27. The fourth-order valence-corrected chi connectivity index (χ4v) is 3.38. The highest BCUT2D eigenvalue weighted by atomic mass is 35.5. The molecule has 1 N–H and O–H groups in total. The molecule has 1 aliphatic carbocycles. The third-order valence-corrected chi connectivity index (χ3v) is 4.76. The zero-order chi connectivity index (χ0) is 14.8. The molecule has 21 heavy (non-hydrogen) atoms. The number of rotatable bonds is 4. The maximum absolute atomic E-state index is 14.3. The van der Waals surface area contributed by atoms with Gasteiger partial charge in [0, 0.05) is 10.6 Å². The van der Waals surface area contributed by atoms with Gasteiger partial charge in [-0.05, 0) is 49.1 Å². The number of nitrogens with one attached hydrogen (secondary N) is 1. The van der Waals surface area contributed by atoms with Gasteiger partial charge in [0.15, 0.2) is 0 Å². The molecule has 0 amide bonds. The van der Waals surface area contributed by atoms with Crippen LogP contribution >= 0.6 is 11.6 Å². The summed E-state index contributed by atoms with van der Waals surface area (Å²) in [7, 11) is 1.85. The van der Waals surface area contributed by atoms with E-state index in [2.05, 4.69) is 23.5 Å². The van der Waals surface area contributed by atoms with Gasteiger partial charge >= 0.3 is 0 Å². The van der Waals surface area contributed by atoms with Gasteiger partial charge in [-0.3, -0.25) is 0 Å². The van der Waals surface area contributed by atoms with Crippen molar-refractivity contribution < 1.29 is 4.39 Å². The zero-order valence-corrected chi connectivity index (χ0v) is 12.8. The quantitative estimate of drug-likeness (QED) is 0.833. The number of hydrogen-bond donors (Lipinski definition) is 1. The minimum absolute atomic E-state index is 0.213. The average Bonchev–Trinajstić information content (AvgIpc) is 2.42. The molecule has 0 spiro atoms. The third-order valence-electron chi connectivity index (χ3n) is 4.43. The second-order valence-electron chi connectivity index (χ2n) is 5.61. The van der Waals surface area contributed by atoms with E-state index in [1.165, 1.54) is 30.9 Å². The summed E-state index contributed by atoms with van der Waals surface area (Å²) in [5.41, 5.74) is 2.99. The average molecular weight is 304 g/mol. The lowest BCUT2D eigenvalue weighted by Gasteiger charge is -2.31. The van der Waals surface area contributed by atoms with E-state index < -0.39 is 0 Å². The van der Waals surface area contributed by atoms with Crippen molar-refractivity contribution in [2.24, 2.45) is 0 Å². The summed E-state index contributed by atoms with van der Waals surface area (Å²) >= 11 is 6.25. The number of hydrogen-bond acceptors (Lipinski definition) is 1. The molecule has 3 rings (SSSR count). The van der Waals surface area contributed by atoms with Crippen LogP contribution in [0.4, 0.5) is 4.39 Å². The first-order chi connectivity index (χ1) is 10.2. The van der Waals surface area contributed by atoms with E-state index in [4.69, 9.17) is 11.6 Å². The lowest BCUT2D eigenvalue weighted by atomic mass is 9.76. The van der Waals surface area contributed by atoms with Gasteiger partial charge in [0.25, 0.3) is 0 Å². The molecule has 1 atom stereocenters. The van der Waals surface area contributed by atoms with Crippen molar-refractivity contribution in [3.8, 4) is 0 Å².